The van der Waals surface area contributed by atoms with Gasteiger partial charge in [-0.05, 0) is 97.0 Å². The zero-order valence-corrected chi connectivity index (χ0v) is 21.8. The number of hydrogen-bond acceptors (Lipinski definition) is 6. The second-order valence-corrected chi connectivity index (χ2v) is 12.8. The number of aliphatic hydroxyl groups is 1. The molecule has 9 unspecified atom stereocenters. The van der Waals surface area contributed by atoms with Crippen LogP contribution in [-0.2, 0) is 4.74 Å². The summed E-state index contributed by atoms with van der Waals surface area (Å²) >= 11 is 0. The maximum absolute atomic E-state index is 12.7. The Balaban J connectivity index is 1.17. The Morgan fingerprint density at radius 3 is 2.64 bits per heavy atom. The van der Waals surface area contributed by atoms with Gasteiger partial charge in [-0.3, -0.25) is 0 Å². The van der Waals surface area contributed by atoms with Crippen LogP contribution < -0.4 is 10.9 Å². The van der Waals surface area contributed by atoms with E-state index in [4.69, 9.17) is 9.15 Å². The minimum absolute atomic E-state index is 0.111. The minimum Gasteiger partial charge on any atom is -0.446 e. The summed E-state index contributed by atoms with van der Waals surface area (Å²) in [5, 5.41) is 14.9. The van der Waals surface area contributed by atoms with E-state index in [-0.39, 0.29) is 28.7 Å². The molecule has 1 aliphatic heterocycles. The molecule has 7 nitrogen and oxygen atoms in total. The van der Waals surface area contributed by atoms with Crippen molar-refractivity contribution in [1.29, 1.82) is 0 Å². The first-order valence-corrected chi connectivity index (χ1v) is 14.2. The third-order valence-corrected chi connectivity index (χ3v) is 11.5. The molecule has 198 valence electrons. The first kappa shape index (κ1) is 24.5. The number of piperazine rings is 1. The highest BCUT2D eigenvalue weighted by molar-refractivity contribution is 5.68. The number of nitrogens with one attached hydrogen (secondary N) is 1. The highest BCUT2D eigenvalue weighted by Gasteiger charge is 2.62. The molecule has 4 saturated carbocycles. The third kappa shape index (κ3) is 3.84. The van der Waals surface area contributed by atoms with Gasteiger partial charge in [-0.2, -0.15) is 0 Å². The van der Waals surface area contributed by atoms with Crippen molar-refractivity contribution in [2.75, 3.05) is 26.2 Å². The maximum atomic E-state index is 12.7. The van der Waals surface area contributed by atoms with Gasteiger partial charge in [0.05, 0.1) is 12.4 Å². The Bertz CT molecular complexity index is 1020. The number of rotatable bonds is 2. The third-order valence-electron chi connectivity index (χ3n) is 11.5. The van der Waals surface area contributed by atoms with Gasteiger partial charge in [0.1, 0.15) is 6.10 Å². The fourth-order valence-electron chi connectivity index (χ4n) is 9.55. The van der Waals surface area contributed by atoms with Crippen molar-refractivity contribution in [2.24, 2.45) is 34.5 Å². The van der Waals surface area contributed by atoms with Crippen LogP contribution in [-0.4, -0.2) is 54.5 Å². The number of aliphatic hydroxyl groups excluding tert-OH is 1. The van der Waals surface area contributed by atoms with Crippen LogP contribution in [0.3, 0.4) is 0 Å². The molecule has 1 aromatic heterocycles. The number of carbonyl (C=O) groups excluding carboxylic acids is 1. The Morgan fingerprint density at radius 1 is 1.08 bits per heavy atom. The maximum Gasteiger partial charge on any atom is 0.410 e. The van der Waals surface area contributed by atoms with Crippen LogP contribution >= 0.6 is 0 Å². The largest absolute Gasteiger partial charge is 0.446 e. The van der Waals surface area contributed by atoms with Gasteiger partial charge in [0.15, 0.2) is 0 Å². The first-order valence-electron chi connectivity index (χ1n) is 14.2. The lowest BCUT2D eigenvalue weighted by atomic mass is 9.44. The van der Waals surface area contributed by atoms with Gasteiger partial charge in [0.2, 0.25) is 0 Å². The van der Waals surface area contributed by atoms with Crippen LogP contribution in [0.4, 0.5) is 4.79 Å². The molecule has 5 aliphatic rings. The van der Waals surface area contributed by atoms with Gasteiger partial charge in [-0.1, -0.05) is 13.8 Å². The van der Waals surface area contributed by atoms with E-state index in [2.05, 4.69) is 19.2 Å². The molecule has 0 aromatic carbocycles. The summed E-state index contributed by atoms with van der Waals surface area (Å²) in [5.41, 5.74) is 0.992. The van der Waals surface area contributed by atoms with Crippen molar-refractivity contribution < 1.29 is 19.1 Å². The Morgan fingerprint density at radius 2 is 1.89 bits per heavy atom. The van der Waals surface area contributed by atoms with E-state index in [0.29, 0.717) is 49.1 Å². The van der Waals surface area contributed by atoms with Gasteiger partial charge in [-0.25, -0.2) is 9.59 Å². The second kappa shape index (κ2) is 9.16. The van der Waals surface area contributed by atoms with Gasteiger partial charge >= 0.3 is 11.7 Å². The highest BCUT2D eigenvalue weighted by Crippen LogP contribution is 2.69. The van der Waals surface area contributed by atoms with E-state index >= 15 is 0 Å². The van der Waals surface area contributed by atoms with E-state index < -0.39 is 6.10 Å². The van der Waals surface area contributed by atoms with Crippen molar-refractivity contribution >= 4 is 6.09 Å². The molecule has 1 saturated heterocycles. The number of hydrogen-bond donors (Lipinski definition) is 2. The van der Waals surface area contributed by atoms with Crippen LogP contribution in [0, 0.1) is 34.5 Å². The lowest BCUT2D eigenvalue weighted by Crippen LogP contribution is -2.59. The number of amides is 1. The van der Waals surface area contributed by atoms with E-state index in [0.717, 1.165) is 45.2 Å². The number of fused-ring (bicyclic) bond motifs is 5. The normalized spacial score (nSPS) is 44.3. The summed E-state index contributed by atoms with van der Waals surface area (Å²) in [5.74, 6) is 2.61. The fourth-order valence-corrected chi connectivity index (χ4v) is 9.55. The molecule has 7 heteroatoms. The number of carbonyl (C=O) groups is 1. The number of nitrogens with zero attached hydrogens (tertiary/aromatic N) is 1. The SMILES string of the molecule is CC12CCC3C(CCC4CC(OC(=O)N5CCNCC5)CC(O)C43C)C1CCC2c1ccc(=O)oc1. The molecule has 5 fully saturated rings. The Hall–Kier alpha value is -1.86. The monoisotopic (exact) mass is 498 g/mol. The number of ether oxygens (including phenoxy) is 1. The molecule has 4 aliphatic carbocycles. The summed E-state index contributed by atoms with van der Waals surface area (Å²) in [7, 11) is 0. The fraction of sp³-hybridized carbons (Fsp3) is 0.793. The summed E-state index contributed by atoms with van der Waals surface area (Å²) in [6, 6.07) is 3.54. The van der Waals surface area contributed by atoms with Crippen molar-refractivity contribution in [2.45, 2.75) is 83.3 Å². The van der Waals surface area contributed by atoms with Crippen molar-refractivity contribution in [3.8, 4) is 0 Å². The van der Waals surface area contributed by atoms with E-state index in [1.807, 2.05) is 6.07 Å². The lowest BCUT2D eigenvalue weighted by Gasteiger charge is -2.62. The predicted octanol–water partition coefficient (Wildman–Crippen LogP) is 4.15. The molecule has 0 spiro atoms. The van der Waals surface area contributed by atoms with Crippen molar-refractivity contribution in [1.82, 2.24) is 10.2 Å². The van der Waals surface area contributed by atoms with Crippen LogP contribution in [0.15, 0.2) is 27.6 Å². The van der Waals surface area contributed by atoms with Crippen molar-refractivity contribution in [3.05, 3.63) is 34.4 Å². The average Bonchev–Trinajstić information content (AvgIpc) is 3.23. The molecule has 6 rings (SSSR count). The van der Waals surface area contributed by atoms with Crippen LogP contribution in [0.2, 0.25) is 0 Å². The molecule has 36 heavy (non-hydrogen) atoms. The zero-order chi connectivity index (χ0) is 25.1. The Labute approximate surface area is 214 Å². The van der Waals surface area contributed by atoms with E-state index in [9.17, 15) is 14.7 Å². The highest BCUT2D eigenvalue weighted by atomic mass is 16.6. The van der Waals surface area contributed by atoms with Crippen LogP contribution in [0.1, 0.15) is 76.7 Å². The lowest BCUT2D eigenvalue weighted by molar-refractivity contribution is -0.180. The molecule has 2 heterocycles. The smallest absolute Gasteiger partial charge is 0.410 e. The average molecular weight is 499 g/mol. The molecule has 1 amide bonds. The molecule has 0 bridgehead atoms. The summed E-state index contributed by atoms with van der Waals surface area (Å²) in [6.45, 7) is 7.81. The molecular formula is C29H42N2O5. The van der Waals surface area contributed by atoms with E-state index in [1.165, 1.54) is 18.4 Å². The molecule has 1 aromatic rings. The molecule has 0 radical (unpaired) electrons. The minimum atomic E-state index is -0.435. The quantitative estimate of drug-likeness (QED) is 0.637. The van der Waals surface area contributed by atoms with Gasteiger partial charge < -0.3 is 24.5 Å². The van der Waals surface area contributed by atoms with Gasteiger partial charge in [-0.15, -0.1) is 0 Å². The second-order valence-electron chi connectivity index (χ2n) is 12.8. The Kier molecular flexibility index (Phi) is 6.23. The van der Waals surface area contributed by atoms with Crippen LogP contribution in [0.25, 0.3) is 0 Å². The molecule has 9 atom stereocenters. The summed E-state index contributed by atoms with van der Waals surface area (Å²) < 4.78 is 11.2. The predicted molar refractivity (Wildman–Crippen MR) is 136 cm³/mol. The van der Waals surface area contributed by atoms with Gasteiger partial charge in [0.25, 0.3) is 0 Å². The summed E-state index contributed by atoms with van der Waals surface area (Å²) in [4.78, 5) is 26.1. The van der Waals surface area contributed by atoms with Crippen LogP contribution in [0.5, 0.6) is 0 Å². The van der Waals surface area contributed by atoms with Gasteiger partial charge in [0, 0.05) is 38.7 Å². The first-order chi connectivity index (χ1) is 17.3. The topological polar surface area (TPSA) is 92.0 Å². The molecular weight excluding hydrogens is 456 g/mol. The molecule has 2 N–H and O–H groups in total. The van der Waals surface area contributed by atoms with E-state index in [1.54, 1.807) is 17.2 Å². The van der Waals surface area contributed by atoms with Crippen molar-refractivity contribution in [3.63, 3.8) is 0 Å². The summed E-state index contributed by atoms with van der Waals surface area (Å²) in [6.07, 6.45) is 9.24. The standard InChI is InChI=1S/C29H42N2O5/c1-28-10-9-24-21(23(28)7-6-22(28)18-3-8-26(33)35-17-18)5-4-19-15-20(16-25(32)29(19,24)2)36-27(34)31-13-11-30-12-14-31/h3,8,17,19-25,30,32H,4-7,9-16H2,1-2H3. The zero-order valence-electron chi connectivity index (χ0n) is 21.8.